The van der Waals surface area contributed by atoms with Gasteiger partial charge in [0.2, 0.25) is 5.88 Å². The van der Waals surface area contributed by atoms with E-state index < -0.39 is 11.6 Å². The molecule has 0 amide bonds. The standard InChI is InChI=1S/C28H29NO7/c1-6-24(30)34-22-12-11-18-16(4)13-25(31)36-27(18)20(22)15-21-26(32)19-10-9-17(33-5)14-23(19)35-28(21)29(7-2)8-3/h9-14H,6-8,15H2,1-5H3. The van der Waals surface area contributed by atoms with Gasteiger partial charge in [0.15, 0.2) is 5.43 Å². The van der Waals surface area contributed by atoms with Gasteiger partial charge in [0.05, 0.1) is 18.1 Å². The molecule has 188 valence electrons. The molecule has 2 aromatic heterocycles. The molecule has 4 rings (SSSR count). The number of anilines is 1. The first-order valence-electron chi connectivity index (χ1n) is 12.0. The van der Waals surface area contributed by atoms with Gasteiger partial charge in [-0.05, 0) is 50.6 Å². The fourth-order valence-corrected chi connectivity index (χ4v) is 4.31. The molecule has 2 aromatic carbocycles. The Balaban J connectivity index is 2.03. The van der Waals surface area contributed by atoms with E-state index >= 15 is 0 Å². The second kappa shape index (κ2) is 10.3. The average Bonchev–Trinajstić information content (AvgIpc) is 2.87. The van der Waals surface area contributed by atoms with Crippen molar-refractivity contribution in [1.82, 2.24) is 0 Å². The van der Waals surface area contributed by atoms with Crippen molar-refractivity contribution < 1.29 is 23.1 Å². The number of carbonyl (C=O) groups excluding carboxylic acids is 1. The molecule has 4 aromatic rings. The van der Waals surface area contributed by atoms with Gasteiger partial charge in [-0.3, -0.25) is 9.59 Å². The number of benzene rings is 2. The van der Waals surface area contributed by atoms with Crippen LogP contribution in [0.15, 0.2) is 54.8 Å². The molecule has 0 saturated heterocycles. The lowest BCUT2D eigenvalue weighted by Gasteiger charge is -2.23. The molecule has 0 fully saturated rings. The summed E-state index contributed by atoms with van der Waals surface area (Å²) >= 11 is 0. The summed E-state index contributed by atoms with van der Waals surface area (Å²) in [4.78, 5) is 40.3. The van der Waals surface area contributed by atoms with Crippen molar-refractivity contribution in [3.8, 4) is 11.5 Å². The third kappa shape index (κ3) is 4.58. The molecular weight excluding hydrogens is 462 g/mol. The minimum Gasteiger partial charge on any atom is -0.497 e. The molecule has 0 aliphatic carbocycles. The maximum Gasteiger partial charge on any atom is 0.336 e. The summed E-state index contributed by atoms with van der Waals surface area (Å²) in [6.07, 6.45) is 0.200. The van der Waals surface area contributed by atoms with E-state index in [9.17, 15) is 14.4 Å². The summed E-state index contributed by atoms with van der Waals surface area (Å²) in [6, 6.07) is 9.87. The van der Waals surface area contributed by atoms with Crippen molar-refractivity contribution in [2.75, 3.05) is 25.1 Å². The number of nitrogens with zero attached hydrogens (tertiary/aromatic N) is 1. The Bertz CT molecular complexity index is 1560. The highest BCUT2D eigenvalue weighted by molar-refractivity contribution is 5.87. The highest BCUT2D eigenvalue weighted by atomic mass is 16.5. The van der Waals surface area contributed by atoms with E-state index in [0.717, 1.165) is 5.56 Å². The van der Waals surface area contributed by atoms with Crippen LogP contribution in [-0.2, 0) is 11.2 Å². The zero-order valence-electron chi connectivity index (χ0n) is 21.1. The Kier molecular flexibility index (Phi) is 7.15. The van der Waals surface area contributed by atoms with Gasteiger partial charge in [-0.2, -0.15) is 0 Å². The number of ether oxygens (including phenoxy) is 2. The van der Waals surface area contributed by atoms with Crippen LogP contribution >= 0.6 is 0 Å². The summed E-state index contributed by atoms with van der Waals surface area (Å²) in [6.45, 7) is 8.64. The number of fused-ring (bicyclic) bond motifs is 2. The van der Waals surface area contributed by atoms with Crippen molar-refractivity contribution in [3.05, 3.63) is 73.7 Å². The zero-order valence-corrected chi connectivity index (χ0v) is 21.1. The molecular formula is C28H29NO7. The number of carbonyl (C=O) groups is 1. The van der Waals surface area contributed by atoms with Gasteiger partial charge in [-0.25, -0.2) is 4.79 Å². The Morgan fingerprint density at radius 1 is 0.944 bits per heavy atom. The van der Waals surface area contributed by atoms with E-state index in [1.807, 2.05) is 18.7 Å². The second-order valence-corrected chi connectivity index (χ2v) is 8.42. The van der Waals surface area contributed by atoms with Gasteiger partial charge < -0.3 is 23.2 Å². The molecule has 0 N–H and O–H groups in total. The molecule has 0 aliphatic heterocycles. The van der Waals surface area contributed by atoms with E-state index in [0.29, 0.717) is 52.2 Å². The molecule has 0 spiro atoms. The van der Waals surface area contributed by atoms with Crippen LogP contribution in [0, 0.1) is 6.92 Å². The highest BCUT2D eigenvalue weighted by Gasteiger charge is 2.24. The van der Waals surface area contributed by atoms with Gasteiger partial charge in [0.1, 0.15) is 22.7 Å². The lowest BCUT2D eigenvalue weighted by atomic mass is 9.98. The van der Waals surface area contributed by atoms with Gasteiger partial charge in [0, 0.05) is 49.0 Å². The van der Waals surface area contributed by atoms with E-state index in [4.69, 9.17) is 18.3 Å². The van der Waals surface area contributed by atoms with E-state index in [1.165, 1.54) is 6.07 Å². The van der Waals surface area contributed by atoms with Crippen LogP contribution < -0.4 is 25.4 Å². The smallest absolute Gasteiger partial charge is 0.336 e. The van der Waals surface area contributed by atoms with Crippen LogP contribution in [0.5, 0.6) is 11.5 Å². The number of aryl methyl sites for hydroxylation is 1. The minimum absolute atomic E-state index is 0.0339. The first kappa shape index (κ1) is 25.0. The lowest BCUT2D eigenvalue weighted by molar-refractivity contribution is -0.134. The Morgan fingerprint density at radius 2 is 1.67 bits per heavy atom. The van der Waals surface area contributed by atoms with Crippen molar-refractivity contribution in [1.29, 1.82) is 0 Å². The molecule has 0 bridgehead atoms. The molecule has 0 saturated carbocycles. The molecule has 0 radical (unpaired) electrons. The van der Waals surface area contributed by atoms with Gasteiger partial charge in [-0.1, -0.05) is 6.92 Å². The van der Waals surface area contributed by atoms with E-state index in [2.05, 4.69) is 0 Å². The summed E-state index contributed by atoms with van der Waals surface area (Å²) < 4.78 is 22.8. The largest absolute Gasteiger partial charge is 0.497 e. The molecule has 8 heteroatoms. The van der Waals surface area contributed by atoms with E-state index in [-0.39, 0.29) is 29.6 Å². The van der Waals surface area contributed by atoms with Gasteiger partial charge >= 0.3 is 11.6 Å². The first-order valence-corrected chi connectivity index (χ1v) is 12.0. The fourth-order valence-electron chi connectivity index (χ4n) is 4.31. The van der Waals surface area contributed by atoms with Crippen molar-refractivity contribution in [2.45, 2.75) is 40.5 Å². The van der Waals surface area contributed by atoms with Crippen LogP contribution in [0.4, 0.5) is 5.88 Å². The number of methoxy groups -OCH3 is 1. The van der Waals surface area contributed by atoms with Crippen molar-refractivity contribution in [3.63, 3.8) is 0 Å². The second-order valence-electron chi connectivity index (χ2n) is 8.42. The third-order valence-corrected chi connectivity index (χ3v) is 6.27. The summed E-state index contributed by atoms with van der Waals surface area (Å²) in [5.41, 5.74) is 1.47. The quantitative estimate of drug-likeness (QED) is 0.194. The molecule has 8 nitrogen and oxygen atoms in total. The number of rotatable bonds is 8. The van der Waals surface area contributed by atoms with Crippen LogP contribution in [-0.4, -0.2) is 26.2 Å². The van der Waals surface area contributed by atoms with Crippen molar-refractivity contribution in [2.24, 2.45) is 0 Å². The maximum absolute atomic E-state index is 13.8. The normalized spacial score (nSPS) is 11.1. The Hall–Kier alpha value is -4.07. The highest BCUT2D eigenvalue weighted by Crippen LogP contribution is 2.34. The van der Waals surface area contributed by atoms with E-state index in [1.54, 1.807) is 51.3 Å². The lowest BCUT2D eigenvalue weighted by Crippen LogP contribution is -2.26. The average molecular weight is 492 g/mol. The SMILES string of the molecule is CCC(=O)Oc1ccc2c(C)cc(=O)oc2c1Cc1c(N(CC)CC)oc2cc(OC)ccc2c1=O. The predicted octanol–water partition coefficient (Wildman–Crippen LogP) is 4.97. The van der Waals surface area contributed by atoms with Crippen LogP contribution in [0.25, 0.3) is 21.9 Å². The Morgan fingerprint density at radius 3 is 2.33 bits per heavy atom. The summed E-state index contributed by atoms with van der Waals surface area (Å²) in [5, 5.41) is 1.09. The van der Waals surface area contributed by atoms with Crippen molar-refractivity contribution >= 4 is 33.8 Å². The fraction of sp³-hybridized carbons (Fsp3) is 0.321. The van der Waals surface area contributed by atoms with Gasteiger partial charge in [0.25, 0.3) is 0 Å². The molecule has 2 heterocycles. The summed E-state index contributed by atoms with van der Waals surface area (Å²) in [7, 11) is 1.55. The monoisotopic (exact) mass is 491 g/mol. The third-order valence-electron chi connectivity index (χ3n) is 6.27. The predicted molar refractivity (Wildman–Crippen MR) is 139 cm³/mol. The van der Waals surface area contributed by atoms with Crippen LogP contribution in [0.3, 0.4) is 0 Å². The summed E-state index contributed by atoms with van der Waals surface area (Å²) in [5.74, 6) is 0.782. The topological polar surface area (TPSA) is 99.2 Å². The first-order chi connectivity index (χ1) is 17.3. The molecule has 0 atom stereocenters. The number of esters is 1. The molecule has 0 unspecified atom stereocenters. The van der Waals surface area contributed by atoms with Crippen LogP contribution in [0.1, 0.15) is 43.9 Å². The molecule has 36 heavy (non-hydrogen) atoms. The molecule has 0 aliphatic rings. The maximum atomic E-state index is 13.8. The zero-order chi connectivity index (χ0) is 26.0. The van der Waals surface area contributed by atoms with Crippen LogP contribution in [0.2, 0.25) is 0 Å². The number of hydrogen-bond acceptors (Lipinski definition) is 8. The number of hydrogen-bond donors (Lipinski definition) is 0. The minimum atomic E-state index is -0.526. The Labute approximate surface area is 208 Å². The van der Waals surface area contributed by atoms with Gasteiger partial charge in [-0.15, -0.1) is 0 Å².